The average molecular weight is 386 g/mol. The molecule has 7 heteroatoms. The van der Waals surface area contributed by atoms with Crippen molar-refractivity contribution in [3.63, 3.8) is 0 Å². The predicted octanol–water partition coefficient (Wildman–Crippen LogP) is 4.53. The van der Waals surface area contributed by atoms with E-state index in [9.17, 15) is 23.1 Å². The summed E-state index contributed by atoms with van der Waals surface area (Å²) in [6.07, 6.45) is 6.46. The normalized spacial score (nSPS) is 19.9. The Hall–Kier alpha value is -2.20. The van der Waals surface area contributed by atoms with Crippen LogP contribution in [0.4, 0.5) is 23.7 Å². The van der Waals surface area contributed by atoms with Gasteiger partial charge in [-0.3, -0.25) is 4.90 Å². The zero-order valence-electron chi connectivity index (χ0n) is 15.0. The molecule has 0 radical (unpaired) electrons. The molecule has 152 valence electrons. The molecule has 0 heterocycles. The van der Waals surface area contributed by atoms with Crippen LogP contribution in [0.2, 0.25) is 0 Å². The molecule has 1 aromatic carbocycles. The third-order valence-electron chi connectivity index (χ3n) is 4.68. The molecular weight excluding hydrogens is 357 g/mol. The van der Waals surface area contributed by atoms with E-state index in [0.717, 1.165) is 36.3 Å². The van der Waals surface area contributed by atoms with Crippen molar-refractivity contribution in [2.75, 3.05) is 18.6 Å². The second-order valence-corrected chi connectivity index (χ2v) is 6.52. The van der Waals surface area contributed by atoms with Gasteiger partial charge < -0.3 is 10.4 Å². The third kappa shape index (κ3) is 6.79. The van der Waals surface area contributed by atoms with Gasteiger partial charge in [-0.2, -0.15) is 13.2 Å². The van der Waals surface area contributed by atoms with Gasteiger partial charge in [-0.1, -0.05) is 26.8 Å². The number of hydrogen-bond acceptors (Lipinski definition) is 2. The summed E-state index contributed by atoms with van der Waals surface area (Å²) in [5.41, 5.74) is -0.651. The van der Waals surface area contributed by atoms with Gasteiger partial charge in [-0.05, 0) is 42.9 Å². The van der Waals surface area contributed by atoms with Crippen molar-refractivity contribution < 1.29 is 23.1 Å². The van der Waals surface area contributed by atoms with Crippen molar-refractivity contribution in [1.29, 1.82) is 0 Å². The number of benzene rings is 1. The standard InChI is InChI=1S/C17H23F3N2O2.C2H2.CH4/c1-11-6-7-12(8-11)15(10-23)21-16(24)22(2)14-5-3-4-13(9-14)17(18,19)20;1-2;/h3-5,9,11-12,15,23H,6-8,10H2,1-2H3,(H,21,24);1-2H;1H4/t11?,12?,15-;;/m1../s1. The lowest BCUT2D eigenvalue weighted by Crippen LogP contribution is -2.47. The highest BCUT2D eigenvalue weighted by Crippen LogP contribution is 2.33. The van der Waals surface area contributed by atoms with Gasteiger partial charge in [0.2, 0.25) is 0 Å². The maximum absolute atomic E-state index is 12.8. The Kier molecular flexibility index (Phi) is 9.95. The second-order valence-electron chi connectivity index (χ2n) is 6.52. The molecule has 0 saturated heterocycles. The van der Waals surface area contributed by atoms with Gasteiger partial charge in [0.15, 0.2) is 0 Å². The maximum atomic E-state index is 12.8. The van der Waals surface area contributed by atoms with E-state index in [0.29, 0.717) is 5.92 Å². The number of aliphatic hydroxyl groups excluding tert-OH is 1. The van der Waals surface area contributed by atoms with Gasteiger partial charge in [-0.15, -0.1) is 12.8 Å². The molecule has 1 aliphatic rings. The number of halogens is 3. The monoisotopic (exact) mass is 386 g/mol. The molecule has 0 aromatic heterocycles. The number of alkyl halides is 3. The molecule has 1 aliphatic carbocycles. The molecule has 27 heavy (non-hydrogen) atoms. The van der Waals surface area contributed by atoms with Crippen molar-refractivity contribution in [2.24, 2.45) is 11.8 Å². The van der Waals surface area contributed by atoms with Crippen molar-refractivity contribution >= 4 is 11.7 Å². The van der Waals surface area contributed by atoms with Crippen molar-refractivity contribution in [3.05, 3.63) is 29.8 Å². The summed E-state index contributed by atoms with van der Waals surface area (Å²) in [6.45, 7) is 1.95. The molecule has 0 aliphatic heterocycles. The lowest BCUT2D eigenvalue weighted by molar-refractivity contribution is -0.137. The number of rotatable bonds is 4. The van der Waals surface area contributed by atoms with E-state index in [4.69, 9.17) is 0 Å². The van der Waals surface area contributed by atoms with E-state index in [1.807, 2.05) is 0 Å². The number of aliphatic hydroxyl groups is 1. The first-order valence-electron chi connectivity index (χ1n) is 8.38. The van der Waals surface area contributed by atoms with Crippen molar-refractivity contribution in [2.45, 2.75) is 45.8 Å². The fraction of sp³-hybridized carbons (Fsp3) is 0.550. The molecule has 2 unspecified atom stereocenters. The number of nitrogens with zero attached hydrogens (tertiary/aromatic N) is 1. The van der Waals surface area contributed by atoms with Gasteiger partial charge in [0.05, 0.1) is 18.2 Å². The highest BCUT2D eigenvalue weighted by Gasteiger charge is 2.32. The molecule has 0 bridgehead atoms. The molecule has 1 aromatic rings. The number of carbonyl (C=O) groups excluding carboxylic acids is 1. The van der Waals surface area contributed by atoms with Crippen LogP contribution in [0.1, 0.15) is 39.2 Å². The van der Waals surface area contributed by atoms with Crippen LogP contribution in [0.3, 0.4) is 0 Å². The Balaban J connectivity index is 0.00000218. The Morgan fingerprint density at radius 1 is 1.37 bits per heavy atom. The van der Waals surface area contributed by atoms with Gasteiger partial charge in [0.1, 0.15) is 0 Å². The largest absolute Gasteiger partial charge is 0.416 e. The smallest absolute Gasteiger partial charge is 0.394 e. The highest BCUT2D eigenvalue weighted by molar-refractivity contribution is 5.91. The minimum Gasteiger partial charge on any atom is -0.394 e. The van der Waals surface area contributed by atoms with Crippen LogP contribution in [0.25, 0.3) is 0 Å². The van der Waals surface area contributed by atoms with Crippen LogP contribution < -0.4 is 10.2 Å². The zero-order chi connectivity index (χ0) is 19.9. The van der Waals surface area contributed by atoms with Gasteiger partial charge in [0, 0.05) is 12.7 Å². The van der Waals surface area contributed by atoms with Gasteiger partial charge in [0.25, 0.3) is 0 Å². The van der Waals surface area contributed by atoms with Crippen molar-refractivity contribution in [1.82, 2.24) is 5.32 Å². The Morgan fingerprint density at radius 3 is 2.48 bits per heavy atom. The number of carbonyl (C=O) groups is 1. The van der Waals surface area contributed by atoms with Crippen LogP contribution in [0, 0.1) is 24.7 Å². The first-order chi connectivity index (χ1) is 12.2. The average Bonchev–Trinajstić information content (AvgIpc) is 3.06. The molecule has 1 saturated carbocycles. The fourth-order valence-corrected chi connectivity index (χ4v) is 3.19. The second kappa shape index (κ2) is 10.8. The van der Waals surface area contributed by atoms with Gasteiger partial charge >= 0.3 is 12.2 Å². The summed E-state index contributed by atoms with van der Waals surface area (Å²) in [6, 6.07) is 3.71. The summed E-state index contributed by atoms with van der Waals surface area (Å²) in [7, 11) is 1.41. The Morgan fingerprint density at radius 2 is 2.00 bits per heavy atom. The fourth-order valence-electron chi connectivity index (χ4n) is 3.19. The molecule has 2 rings (SSSR count). The maximum Gasteiger partial charge on any atom is 0.416 e. The lowest BCUT2D eigenvalue weighted by atomic mass is 9.97. The number of terminal acetylenes is 1. The van der Waals surface area contributed by atoms with E-state index < -0.39 is 17.8 Å². The van der Waals surface area contributed by atoms with E-state index in [-0.39, 0.29) is 31.7 Å². The molecule has 2 N–H and O–H groups in total. The molecule has 4 nitrogen and oxygen atoms in total. The Bertz CT molecular complexity index is 617. The van der Waals surface area contributed by atoms with Crippen LogP contribution in [0.15, 0.2) is 24.3 Å². The molecule has 3 atom stereocenters. The molecular formula is C20H29F3N2O2. The number of nitrogens with one attached hydrogen (secondary N) is 1. The predicted molar refractivity (Wildman–Crippen MR) is 102 cm³/mol. The SMILES string of the molecule is C.C#C.CC1CCC([C@@H](CO)NC(=O)N(C)c2cccc(C(F)(F)F)c2)C1. The number of anilines is 1. The summed E-state index contributed by atoms with van der Waals surface area (Å²) in [5, 5.41) is 12.3. The van der Waals surface area contributed by atoms with Crippen LogP contribution in [-0.2, 0) is 6.18 Å². The number of urea groups is 1. The summed E-state index contributed by atoms with van der Waals surface area (Å²) >= 11 is 0. The topological polar surface area (TPSA) is 52.6 Å². The van der Waals surface area contributed by atoms with E-state index in [1.54, 1.807) is 0 Å². The van der Waals surface area contributed by atoms with Crippen LogP contribution in [-0.4, -0.2) is 30.8 Å². The molecule has 1 fully saturated rings. The van der Waals surface area contributed by atoms with E-state index >= 15 is 0 Å². The first kappa shape index (κ1) is 24.8. The first-order valence-corrected chi connectivity index (χ1v) is 8.38. The minimum absolute atomic E-state index is 0. The van der Waals surface area contributed by atoms with Crippen molar-refractivity contribution in [3.8, 4) is 12.8 Å². The highest BCUT2D eigenvalue weighted by atomic mass is 19.4. The zero-order valence-corrected chi connectivity index (χ0v) is 15.0. The summed E-state index contributed by atoms with van der Waals surface area (Å²) in [5.74, 6) is 0.756. The lowest BCUT2D eigenvalue weighted by Gasteiger charge is -2.26. The Labute approximate surface area is 159 Å². The minimum atomic E-state index is -4.46. The van der Waals surface area contributed by atoms with Crippen LogP contribution in [0.5, 0.6) is 0 Å². The van der Waals surface area contributed by atoms with Gasteiger partial charge in [-0.25, -0.2) is 4.79 Å². The third-order valence-corrected chi connectivity index (χ3v) is 4.68. The van der Waals surface area contributed by atoms with Crippen LogP contribution >= 0.6 is 0 Å². The summed E-state index contributed by atoms with van der Waals surface area (Å²) < 4.78 is 38.4. The molecule has 2 amide bonds. The number of amides is 2. The molecule has 0 spiro atoms. The van der Waals surface area contributed by atoms with E-state index in [2.05, 4.69) is 25.1 Å². The van der Waals surface area contributed by atoms with E-state index in [1.165, 1.54) is 19.2 Å². The quantitative estimate of drug-likeness (QED) is 0.747. The summed E-state index contributed by atoms with van der Waals surface area (Å²) in [4.78, 5) is 13.5. The number of hydrogen-bond donors (Lipinski definition) is 2.